The second-order valence-corrected chi connectivity index (χ2v) is 6.68. The first kappa shape index (κ1) is 17.1. The van der Waals surface area contributed by atoms with Gasteiger partial charge in [0.2, 0.25) is 0 Å². The van der Waals surface area contributed by atoms with Crippen LogP contribution in [-0.4, -0.2) is 37.3 Å². The Kier molecular flexibility index (Phi) is 6.61. The number of hydrogen-bond donors (Lipinski definition) is 1. The number of nitrogens with one attached hydrogen (secondary N) is 1. The summed E-state index contributed by atoms with van der Waals surface area (Å²) in [5.74, 6) is -0.722. The third-order valence-corrected chi connectivity index (χ3v) is 5.12. The van der Waals surface area contributed by atoms with Gasteiger partial charge in [-0.15, -0.1) is 0 Å². The first-order valence-corrected chi connectivity index (χ1v) is 8.19. The molecule has 1 N–H and O–H groups in total. The van der Waals surface area contributed by atoms with E-state index in [-0.39, 0.29) is 0 Å². The molecule has 0 aliphatic heterocycles. The van der Waals surface area contributed by atoms with E-state index in [0.29, 0.717) is 29.9 Å². The van der Waals surface area contributed by atoms with E-state index in [4.69, 9.17) is 19.0 Å². The monoisotopic (exact) mass is 301 g/mol. The molecule has 6 heteroatoms. The molecule has 5 nitrogen and oxygen atoms in total. The maximum absolute atomic E-state index is 12.3. The summed E-state index contributed by atoms with van der Waals surface area (Å²) in [6, 6.07) is 8.92. The van der Waals surface area contributed by atoms with Crippen molar-refractivity contribution in [3.63, 3.8) is 0 Å². The summed E-state index contributed by atoms with van der Waals surface area (Å²) in [7, 11) is 1.83. The minimum Gasteiger partial charge on any atom is -0.331 e. The van der Waals surface area contributed by atoms with Crippen LogP contribution in [0.5, 0.6) is 0 Å². The van der Waals surface area contributed by atoms with Crippen LogP contribution >= 0.6 is 0 Å². The highest BCUT2D eigenvalue weighted by Gasteiger charge is 2.28. The zero-order valence-electron chi connectivity index (χ0n) is 12.3. The van der Waals surface area contributed by atoms with Crippen LogP contribution in [0.4, 0.5) is 0 Å². The Morgan fingerprint density at radius 3 is 2.10 bits per heavy atom. The molecule has 114 valence electrons. The standard InChI is InChI=1S/C14H23NO4S/c1-17-14(18-2,19-3)11-7-8-12-20(15,16)13-9-5-4-6-10-13/h4-6,9-10,15H,7-8,11-12H2,1-3H3/t20-/m0/s1. The molecule has 0 amide bonds. The molecule has 0 aliphatic carbocycles. The van der Waals surface area contributed by atoms with Gasteiger partial charge in [-0.1, -0.05) is 18.2 Å². The molecule has 1 rings (SSSR count). The normalized spacial score (nSPS) is 14.9. The van der Waals surface area contributed by atoms with E-state index in [9.17, 15) is 4.21 Å². The fourth-order valence-corrected chi connectivity index (χ4v) is 3.40. The molecule has 20 heavy (non-hydrogen) atoms. The highest BCUT2D eigenvalue weighted by molar-refractivity contribution is 7.92. The van der Waals surface area contributed by atoms with Crippen molar-refractivity contribution in [3.8, 4) is 0 Å². The zero-order valence-corrected chi connectivity index (χ0v) is 13.1. The molecule has 0 spiro atoms. The van der Waals surface area contributed by atoms with Gasteiger partial charge in [0.05, 0.1) is 9.73 Å². The Balaban J connectivity index is 2.49. The Hall–Kier alpha value is -0.950. The van der Waals surface area contributed by atoms with Gasteiger partial charge in [0, 0.05) is 38.4 Å². The molecule has 0 radical (unpaired) electrons. The van der Waals surface area contributed by atoms with Gasteiger partial charge in [-0.25, -0.2) is 8.99 Å². The SMILES string of the molecule is COC(CCCC[S@](=N)(=O)c1ccccc1)(OC)OC. The van der Waals surface area contributed by atoms with Crippen molar-refractivity contribution in [3.05, 3.63) is 30.3 Å². The first-order chi connectivity index (χ1) is 9.49. The van der Waals surface area contributed by atoms with Crippen molar-refractivity contribution >= 4 is 9.73 Å². The number of hydrogen-bond acceptors (Lipinski definition) is 5. The van der Waals surface area contributed by atoms with Gasteiger partial charge in [0.1, 0.15) is 0 Å². The lowest BCUT2D eigenvalue weighted by atomic mass is 10.2. The van der Waals surface area contributed by atoms with Crippen molar-refractivity contribution in [1.82, 2.24) is 0 Å². The Labute approximate surface area is 121 Å². The maximum atomic E-state index is 12.3. The van der Waals surface area contributed by atoms with Crippen LogP contribution in [0.3, 0.4) is 0 Å². The second kappa shape index (κ2) is 7.73. The van der Waals surface area contributed by atoms with Gasteiger partial charge in [0.15, 0.2) is 0 Å². The molecular weight excluding hydrogens is 278 g/mol. The fourth-order valence-electron chi connectivity index (χ4n) is 1.96. The summed E-state index contributed by atoms with van der Waals surface area (Å²) in [5, 5.41) is 0. The maximum Gasteiger partial charge on any atom is 0.282 e. The van der Waals surface area contributed by atoms with E-state index in [1.54, 1.807) is 24.3 Å². The summed E-state index contributed by atoms with van der Waals surface area (Å²) < 4.78 is 35.8. The van der Waals surface area contributed by atoms with Gasteiger partial charge in [-0.2, -0.15) is 0 Å². The summed E-state index contributed by atoms with van der Waals surface area (Å²) in [4.78, 5) is 0.580. The zero-order chi connectivity index (χ0) is 15.1. The average Bonchev–Trinajstić information content (AvgIpc) is 2.49. The fraction of sp³-hybridized carbons (Fsp3) is 0.571. The topological polar surface area (TPSA) is 68.6 Å². The van der Waals surface area contributed by atoms with Crippen molar-refractivity contribution in [2.45, 2.75) is 30.1 Å². The summed E-state index contributed by atoms with van der Waals surface area (Å²) >= 11 is 0. The summed E-state index contributed by atoms with van der Waals surface area (Å²) in [6.07, 6.45) is 1.88. The Morgan fingerprint density at radius 2 is 1.60 bits per heavy atom. The molecule has 1 atom stereocenters. The molecule has 0 unspecified atom stereocenters. The highest BCUT2D eigenvalue weighted by Crippen LogP contribution is 2.21. The lowest BCUT2D eigenvalue weighted by molar-refractivity contribution is -0.355. The van der Waals surface area contributed by atoms with E-state index in [1.807, 2.05) is 6.07 Å². The van der Waals surface area contributed by atoms with Gasteiger partial charge < -0.3 is 14.2 Å². The van der Waals surface area contributed by atoms with Gasteiger partial charge >= 0.3 is 0 Å². The number of rotatable bonds is 9. The number of ether oxygens (including phenoxy) is 3. The molecule has 1 aromatic carbocycles. The minimum absolute atomic E-state index is 0.324. The van der Waals surface area contributed by atoms with Crippen LogP contribution in [0.1, 0.15) is 19.3 Å². The predicted octanol–water partition coefficient (Wildman–Crippen LogP) is 2.86. The van der Waals surface area contributed by atoms with Crippen LogP contribution in [0.25, 0.3) is 0 Å². The van der Waals surface area contributed by atoms with Crippen molar-refractivity contribution in [2.24, 2.45) is 0 Å². The largest absolute Gasteiger partial charge is 0.331 e. The van der Waals surface area contributed by atoms with Crippen molar-refractivity contribution in [2.75, 3.05) is 27.1 Å². The van der Waals surface area contributed by atoms with Crippen molar-refractivity contribution in [1.29, 1.82) is 4.78 Å². The van der Waals surface area contributed by atoms with Crippen LogP contribution in [-0.2, 0) is 23.9 Å². The molecular formula is C14H23NO4S. The molecule has 0 bridgehead atoms. The molecule has 1 aromatic rings. The van der Waals surface area contributed by atoms with Crippen LogP contribution in [0.2, 0.25) is 0 Å². The van der Waals surface area contributed by atoms with Crippen molar-refractivity contribution < 1.29 is 18.4 Å². The number of methoxy groups -OCH3 is 3. The summed E-state index contributed by atoms with van der Waals surface area (Å²) in [6.45, 7) is 0. The minimum atomic E-state index is -2.72. The first-order valence-electron chi connectivity index (χ1n) is 6.46. The lowest BCUT2D eigenvalue weighted by Crippen LogP contribution is -2.35. The highest BCUT2D eigenvalue weighted by atomic mass is 32.2. The van der Waals surface area contributed by atoms with E-state index in [0.717, 1.165) is 0 Å². The average molecular weight is 301 g/mol. The molecule has 0 fully saturated rings. The van der Waals surface area contributed by atoms with Gasteiger partial charge in [0.25, 0.3) is 5.97 Å². The van der Waals surface area contributed by atoms with Crippen LogP contribution < -0.4 is 0 Å². The smallest absolute Gasteiger partial charge is 0.282 e. The molecule has 0 heterocycles. The van der Waals surface area contributed by atoms with E-state index < -0.39 is 15.7 Å². The quantitative estimate of drug-likeness (QED) is 0.562. The third kappa shape index (κ3) is 4.56. The van der Waals surface area contributed by atoms with E-state index in [1.165, 1.54) is 21.3 Å². The van der Waals surface area contributed by atoms with Gasteiger partial charge in [-0.3, -0.25) is 0 Å². The lowest BCUT2D eigenvalue weighted by Gasteiger charge is -2.28. The van der Waals surface area contributed by atoms with Crippen LogP contribution in [0, 0.1) is 4.78 Å². The molecule has 0 saturated heterocycles. The van der Waals surface area contributed by atoms with Gasteiger partial charge in [-0.05, 0) is 25.0 Å². The van der Waals surface area contributed by atoms with E-state index in [2.05, 4.69) is 0 Å². The third-order valence-electron chi connectivity index (χ3n) is 3.22. The molecule has 0 saturated carbocycles. The summed E-state index contributed by atoms with van der Waals surface area (Å²) in [5.41, 5.74) is 0. The number of unbranched alkanes of at least 4 members (excludes halogenated alkanes) is 1. The molecule has 0 aromatic heterocycles. The van der Waals surface area contributed by atoms with E-state index >= 15 is 0 Å². The Morgan fingerprint density at radius 1 is 1.05 bits per heavy atom. The number of benzene rings is 1. The molecule has 0 aliphatic rings. The van der Waals surface area contributed by atoms with Crippen LogP contribution in [0.15, 0.2) is 35.2 Å². The predicted molar refractivity (Wildman–Crippen MR) is 78.0 cm³/mol. The Bertz CT molecular complexity index is 475. The second-order valence-electron chi connectivity index (χ2n) is 4.44.